The molecule has 21 nitrogen and oxygen atoms in total. The molecule has 8 unspecified atom stereocenters. The van der Waals surface area contributed by atoms with Crippen LogP contribution in [0.4, 0.5) is 9.59 Å². The summed E-state index contributed by atoms with van der Waals surface area (Å²) in [6.07, 6.45) is -10.5. The maximum Gasteiger partial charge on any atom is 0.407 e. The maximum absolute atomic E-state index is 14.7. The highest BCUT2D eigenvalue weighted by molar-refractivity contribution is 5.73. The number of aliphatic hydroxyl groups excluding tert-OH is 1. The van der Waals surface area contributed by atoms with E-state index in [1.807, 2.05) is 25.9 Å². The number of rotatable bonds is 16. The van der Waals surface area contributed by atoms with Gasteiger partial charge >= 0.3 is 30.1 Å². The number of nitrogens with one attached hydrogen (secondary N) is 2. The molecule has 21 heteroatoms. The summed E-state index contributed by atoms with van der Waals surface area (Å²) in [4.78, 5) is 66.9. The molecule has 19 atom stereocenters. The number of cyclic esters (lactones) is 1. The number of methoxy groups -OCH3 is 1. The quantitative estimate of drug-likeness (QED) is 0.0670. The molecular formula is C51H91N3O18. The predicted molar refractivity (Wildman–Crippen MR) is 262 cm³/mol. The smallest absolute Gasteiger partial charge is 0.407 e. The SMILES string of the molecule is CC[C@H]1OC(=O)[C@H](C)[C@@H](OC2CC(C)(OC)C(OC(=O)NCCCCCC(=O)O)C(C)O2)[C@H](C)[C@@H](OC2OC(C)CC(N(C)C)C2OC(C)=O)[C@](C)(O)C[C@@H](C)[C@H](NC(=O)OC(C)(C)C)[C@H](C)[C@@H](O)[C@]1(C)O. The Morgan fingerprint density at radius 1 is 0.861 bits per heavy atom. The monoisotopic (exact) mass is 1030 g/mol. The number of aliphatic carboxylic acids is 1. The van der Waals surface area contributed by atoms with Gasteiger partial charge in [-0.2, -0.15) is 0 Å². The van der Waals surface area contributed by atoms with Gasteiger partial charge in [0.2, 0.25) is 0 Å². The maximum atomic E-state index is 14.7. The predicted octanol–water partition coefficient (Wildman–Crippen LogP) is 5.06. The minimum atomic E-state index is -2.06. The zero-order valence-electron chi connectivity index (χ0n) is 46.1. The molecule has 3 fully saturated rings. The Morgan fingerprint density at radius 3 is 2.06 bits per heavy atom. The van der Waals surface area contributed by atoms with Crippen LogP contribution >= 0.6 is 0 Å². The number of aliphatic hydroxyl groups is 3. The molecule has 0 radical (unpaired) electrons. The fraction of sp³-hybridized carbons (Fsp3) is 0.902. The summed E-state index contributed by atoms with van der Waals surface area (Å²) < 4.78 is 56.4. The molecule has 6 N–H and O–H groups in total. The van der Waals surface area contributed by atoms with Crippen LogP contribution in [0.15, 0.2) is 0 Å². The first-order chi connectivity index (χ1) is 33.2. The molecule has 2 amide bonds. The number of likely N-dealkylation sites (N-methyl/N-ethyl adjacent to an activating group) is 1. The lowest BCUT2D eigenvalue weighted by atomic mass is 9.72. The van der Waals surface area contributed by atoms with Gasteiger partial charge in [-0.05, 0) is 114 Å². The van der Waals surface area contributed by atoms with Crippen molar-refractivity contribution in [1.82, 2.24) is 15.5 Å². The summed E-state index contributed by atoms with van der Waals surface area (Å²) in [6.45, 7) is 23.3. The largest absolute Gasteiger partial charge is 0.481 e. The van der Waals surface area contributed by atoms with Crippen molar-refractivity contribution >= 4 is 30.1 Å². The molecule has 3 heterocycles. The van der Waals surface area contributed by atoms with Gasteiger partial charge in [-0.25, -0.2) is 9.59 Å². The van der Waals surface area contributed by atoms with Crippen LogP contribution < -0.4 is 10.6 Å². The van der Waals surface area contributed by atoms with Crippen molar-refractivity contribution in [1.29, 1.82) is 0 Å². The van der Waals surface area contributed by atoms with E-state index in [1.54, 1.807) is 76.2 Å². The van der Waals surface area contributed by atoms with E-state index in [0.717, 1.165) is 0 Å². The van der Waals surface area contributed by atoms with E-state index in [0.29, 0.717) is 25.7 Å². The molecule has 0 saturated carbocycles. The third-order valence-corrected chi connectivity index (χ3v) is 14.6. The van der Waals surface area contributed by atoms with Crippen molar-refractivity contribution in [2.24, 2.45) is 23.7 Å². The van der Waals surface area contributed by atoms with Crippen molar-refractivity contribution in [3.8, 4) is 0 Å². The Labute approximate surface area is 427 Å². The molecule has 3 aliphatic rings. The molecule has 0 aromatic heterocycles. The Kier molecular flexibility index (Phi) is 23.0. The third-order valence-electron chi connectivity index (χ3n) is 14.6. The number of esters is 2. The van der Waals surface area contributed by atoms with Gasteiger partial charge in [0.1, 0.15) is 22.9 Å². The molecule has 0 bridgehead atoms. The average molecular weight is 1030 g/mol. The summed E-state index contributed by atoms with van der Waals surface area (Å²) in [7, 11) is 5.15. The highest BCUT2D eigenvalue weighted by Crippen LogP contribution is 2.42. The number of nitrogens with zero attached hydrogens (tertiary/aromatic N) is 1. The number of carbonyl (C=O) groups excluding carboxylic acids is 4. The first kappa shape index (κ1) is 62.9. The van der Waals surface area contributed by atoms with Crippen LogP contribution in [0.3, 0.4) is 0 Å². The molecule has 3 aliphatic heterocycles. The molecule has 72 heavy (non-hydrogen) atoms. The fourth-order valence-electron chi connectivity index (χ4n) is 10.8. The molecule has 3 rings (SSSR count). The summed E-state index contributed by atoms with van der Waals surface area (Å²) in [5.74, 6) is -6.06. The molecular weight excluding hydrogens is 943 g/mol. The summed E-state index contributed by atoms with van der Waals surface area (Å²) in [5, 5.41) is 51.9. The van der Waals surface area contributed by atoms with Gasteiger partial charge in [0.05, 0.1) is 48.1 Å². The summed E-state index contributed by atoms with van der Waals surface area (Å²) in [6, 6.07) is -1.34. The number of carboxylic acid groups (broad SMARTS) is 1. The van der Waals surface area contributed by atoms with E-state index in [2.05, 4.69) is 10.6 Å². The van der Waals surface area contributed by atoms with Crippen LogP contribution in [-0.2, 0) is 57.0 Å². The van der Waals surface area contributed by atoms with Crippen LogP contribution in [0.5, 0.6) is 0 Å². The Bertz CT molecular complexity index is 1780. The molecule has 0 aromatic carbocycles. The van der Waals surface area contributed by atoms with Crippen molar-refractivity contribution < 1.29 is 87.0 Å². The molecule has 0 aliphatic carbocycles. The standard InChI is InChI=1S/C51H91N3O18/c1-18-35-51(14,63)41(58)29(4)38(53-47(61)72-48(9,10)11)27(2)25-49(12,62)42(70-45-40(67-33(8)55)34(54(15)16)24-28(3)65-45)30(5)39(31(6)44(59)68-35)69-37-26-50(13,64-17)43(32(7)66-37)71-46(60)52-23-21-19-20-22-36(56)57/h27-32,34-35,37-43,45,58,62-63H,18-26H2,1-17H3,(H,52,60)(H,53,61)(H,56,57)/t27-,28?,29+,30+,31-,32?,34?,35-,37?,38+,39+,40?,41-,42-,43?,45?,49-,50?,51-/m1/s1. The zero-order valence-corrected chi connectivity index (χ0v) is 46.1. The molecule has 0 spiro atoms. The second-order valence-electron chi connectivity index (χ2n) is 22.5. The van der Waals surface area contributed by atoms with Crippen LogP contribution in [0.1, 0.15) is 148 Å². The Morgan fingerprint density at radius 2 is 1.50 bits per heavy atom. The van der Waals surface area contributed by atoms with Crippen LogP contribution in [0, 0.1) is 23.7 Å². The lowest BCUT2D eigenvalue weighted by Gasteiger charge is -2.50. The zero-order chi connectivity index (χ0) is 54.8. The van der Waals surface area contributed by atoms with Gasteiger partial charge in [0.25, 0.3) is 0 Å². The van der Waals surface area contributed by atoms with Crippen LogP contribution in [0.25, 0.3) is 0 Å². The lowest BCUT2D eigenvalue weighted by molar-refractivity contribution is -0.318. The number of amides is 2. The summed E-state index contributed by atoms with van der Waals surface area (Å²) in [5.41, 5.74) is -6.08. The normalized spacial score (nSPS) is 39.5. The Hall–Kier alpha value is -3.41. The van der Waals surface area contributed by atoms with Gasteiger partial charge in [-0.1, -0.05) is 34.1 Å². The second kappa shape index (κ2) is 26.4. The van der Waals surface area contributed by atoms with Crippen molar-refractivity contribution in [2.45, 2.75) is 244 Å². The number of carboxylic acids is 1. The van der Waals surface area contributed by atoms with Gasteiger partial charge in [-0.15, -0.1) is 0 Å². The van der Waals surface area contributed by atoms with E-state index in [-0.39, 0.29) is 38.3 Å². The van der Waals surface area contributed by atoms with Crippen molar-refractivity contribution in [3.63, 3.8) is 0 Å². The first-order valence-electron chi connectivity index (χ1n) is 25.7. The second-order valence-corrected chi connectivity index (χ2v) is 22.5. The van der Waals surface area contributed by atoms with E-state index in [1.165, 1.54) is 21.0 Å². The minimum absolute atomic E-state index is 0.0262. The van der Waals surface area contributed by atoms with Crippen LogP contribution in [-0.4, -0.2) is 179 Å². The van der Waals surface area contributed by atoms with E-state index < -0.39 is 144 Å². The van der Waals surface area contributed by atoms with Crippen LogP contribution in [0.2, 0.25) is 0 Å². The number of hydrogen-bond donors (Lipinski definition) is 6. The number of carbonyl (C=O) groups is 5. The van der Waals surface area contributed by atoms with Gasteiger partial charge in [0.15, 0.2) is 24.8 Å². The van der Waals surface area contributed by atoms with E-state index >= 15 is 0 Å². The van der Waals surface area contributed by atoms with Gasteiger partial charge in [-0.3, -0.25) is 14.4 Å². The van der Waals surface area contributed by atoms with Gasteiger partial charge < -0.3 is 78.6 Å². The number of hydrogen-bond acceptors (Lipinski definition) is 18. The van der Waals surface area contributed by atoms with Gasteiger partial charge in [0, 0.05) is 51.3 Å². The highest BCUT2D eigenvalue weighted by Gasteiger charge is 2.55. The fourth-order valence-corrected chi connectivity index (χ4v) is 10.8. The van der Waals surface area contributed by atoms with E-state index in [4.69, 9.17) is 47.7 Å². The molecule has 0 aromatic rings. The van der Waals surface area contributed by atoms with Crippen molar-refractivity contribution in [2.75, 3.05) is 27.7 Å². The number of alkyl carbamates (subject to hydrolysis) is 2. The number of unbranched alkanes of at least 4 members (excludes halogenated alkanes) is 2. The van der Waals surface area contributed by atoms with Crippen molar-refractivity contribution in [3.05, 3.63) is 0 Å². The molecule has 3 saturated heterocycles. The number of ether oxygens (including phenoxy) is 9. The molecule has 418 valence electrons. The first-order valence-corrected chi connectivity index (χ1v) is 25.7. The highest BCUT2D eigenvalue weighted by atomic mass is 16.7. The third kappa shape index (κ3) is 17.1. The summed E-state index contributed by atoms with van der Waals surface area (Å²) >= 11 is 0. The topological polar surface area (TPSA) is 277 Å². The lowest BCUT2D eigenvalue weighted by Crippen LogP contribution is -2.63. The van der Waals surface area contributed by atoms with E-state index in [9.17, 15) is 39.3 Å². The minimum Gasteiger partial charge on any atom is -0.481 e. The Balaban J connectivity index is 2.21. The average Bonchev–Trinajstić information content (AvgIpc) is 3.26.